The van der Waals surface area contributed by atoms with E-state index < -0.39 is 11.2 Å². The summed E-state index contributed by atoms with van der Waals surface area (Å²) in [6, 6.07) is 14.7. The van der Waals surface area contributed by atoms with Gasteiger partial charge in [0.05, 0.1) is 0 Å². The minimum atomic E-state index is -0.424. The molecule has 0 spiro atoms. The number of carbonyl (C=O) groups is 2. The van der Waals surface area contributed by atoms with E-state index in [1.807, 2.05) is 37.3 Å². The first kappa shape index (κ1) is 18.4. The first-order chi connectivity index (χ1) is 11.5. The molecule has 0 fully saturated rings. The molecule has 0 unspecified atom stereocenters. The third kappa shape index (κ3) is 5.58. The lowest BCUT2D eigenvalue weighted by Gasteiger charge is -2.12. The van der Waals surface area contributed by atoms with Gasteiger partial charge in [-0.3, -0.25) is 9.59 Å². The molecule has 0 bridgehead atoms. The molecule has 2 aromatic rings. The summed E-state index contributed by atoms with van der Waals surface area (Å²) in [5.74, 6) is -0.808. The zero-order valence-electron chi connectivity index (χ0n) is 13.4. The van der Waals surface area contributed by atoms with Crippen molar-refractivity contribution in [2.75, 3.05) is 11.9 Å². The molecular formula is C18H18ClNO3S. The molecule has 1 atom stereocenters. The Kier molecular flexibility index (Phi) is 6.70. The highest BCUT2D eigenvalue weighted by molar-refractivity contribution is 8.00. The SMILES string of the molecule is Cc1cc(Cl)ccc1NC(=O)COC(=O)[C@H](C)Sc1ccccc1. The van der Waals surface area contributed by atoms with E-state index in [1.165, 1.54) is 11.8 Å². The second-order valence-corrected chi connectivity index (χ2v) is 7.04. The molecule has 0 aliphatic heterocycles. The first-order valence-corrected chi connectivity index (χ1v) is 8.66. The Hall–Kier alpha value is -1.98. The van der Waals surface area contributed by atoms with Gasteiger partial charge in [0.25, 0.3) is 5.91 Å². The second-order valence-electron chi connectivity index (χ2n) is 5.19. The van der Waals surface area contributed by atoms with E-state index in [4.69, 9.17) is 16.3 Å². The van der Waals surface area contributed by atoms with Crippen LogP contribution in [0.5, 0.6) is 0 Å². The molecule has 0 radical (unpaired) electrons. The van der Waals surface area contributed by atoms with Gasteiger partial charge >= 0.3 is 5.97 Å². The average molecular weight is 364 g/mol. The smallest absolute Gasteiger partial charge is 0.319 e. The molecule has 1 amide bonds. The maximum atomic E-state index is 12.0. The number of anilines is 1. The lowest BCUT2D eigenvalue weighted by molar-refractivity contribution is -0.146. The number of hydrogen-bond acceptors (Lipinski definition) is 4. The van der Waals surface area contributed by atoms with E-state index in [-0.39, 0.29) is 12.5 Å². The summed E-state index contributed by atoms with van der Waals surface area (Å²) in [4.78, 5) is 24.9. The van der Waals surface area contributed by atoms with Crippen molar-refractivity contribution in [3.8, 4) is 0 Å². The molecule has 0 saturated heterocycles. The van der Waals surface area contributed by atoms with Gasteiger partial charge in [0.1, 0.15) is 5.25 Å². The van der Waals surface area contributed by atoms with Gasteiger partial charge in [-0.2, -0.15) is 0 Å². The molecular weight excluding hydrogens is 346 g/mol. The number of halogens is 1. The molecule has 0 heterocycles. The van der Waals surface area contributed by atoms with Crippen LogP contribution in [0.25, 0.3) is 0 Å². The molecule has 2 rings (SSSR count). The summed E-state index contributed by atoms with van der Waals surface area (Å²) in [5, 5.41) is 2.91. The fourth-order valence-corrected chi connectivity index (χ4v) is 3.07. The summed E-state index contributed by atoms with van der Waals surface area (Å²) < 4.78 is 5.08. The van der Waals surface area contributed by atoms with Gasteiger partial charge in [0.2, 0.25) is 0 Å². The third-order valence-electron chi connectivity index (χ3n) is 3.20. The highest BCUT2D eigenvalue weighted by Gasteiger charge is 2.17. The number of hydrogen-bond donors (Lipinski definition) is 1. The van der Waals surface area contributed by atoms with Gasteiger partial charge in [-0.05, 0) is 49.7 Å². The van der Waals surface area contributed by atoms with Crippen LogP contribution in [0, 0.1) is 6.92 Å². The van der Waals surface area contributed by atoms with Crippen molar-refractivity contribution in [1.82, 2.24) is 0 Å². The van der Waals surface area contributed by atoms with E-state index in [0.717, 1.165) is 10.5 Å². The predicted molar refractivity (Wildman–Crippen MR) is 97.5 cm³/mol. The second kappa shape index (κ2) is 8.76. The van der Waals surface area contributed by atoms with Crippen molar-refractivity contribution in [3.05, 3.63) is 59.1 Å². The van der Waals surface area contributed by atoms with Crippen molar-refractivity contribution >= 4 is 40.9 Å². The lowest BCUT2D eigenvalue weighted by atomic mass is 10.2. The summed E-state index contributed by atoms with van der Waals surface area (Å²) in [5.41, 5.74) is 1.49. The fraction of sp³-hybridized carbons (Fsp3) is 0.222. The maximum Gasteiger partial charge on any atom is 0.319 e. The largest absolute Gasteiger partial charge is 0.455 e. The van der Waals surface area contributed by atoms with Crippen LogP contribution in [0.4, 0.5) is 5.69 Å². The summed E-state index contributed by atoms with van der Waals surface area (Å²) in [6.45, 7) is 3.27. The number of nitrogens with one attached hydrogen (secondary N) is 1. The molecule has 0 aliphatic carbocycles. The van der Waals surface area contributed by atoms with Crippen LogP contribution in [0.2, 0.25) is 5.02 Å². The average Bonchev–Trinajstić information content (AvgIpc) is 2.56. The van der Waals surface area contributed by atoms with Crippen molar-refractivity contribution in [2.24, 2.45) is 0 Å². The zero-order chi connectivity index (χ0) is 17.5. The van der Waals surface area contributed by atoms with E-state index in [0.29, 0.717) is 10.7 Å². The van der Waals surface area contributed by atoms with Crippen molar-refractivity contribution < 1.29 is 14.3 Å². The van der Waals surface area contributed by atoms with E-state index in [1.54, 1.807) is 25.1 Å². The van der Waals surface area contributed by atoms with Crippen LogP contribution in [0.3, 0.4) is 0 Å². The number of amides is 1. The summed E-state index contributed by atoms with van der Waals surface area (Å²) >= 11 is 7.26. The van der Waals surface area contributed by atoms with Crippen LogP contribution in [0.1, 0.15) is 12.5 Å². The number of rotatable bonds is 6. The van der Waals surface area contributed by atoms with Crippen LogP contribution in [-0.4, -0.2) is 23.7 Å². The van der Waals surface area contributed by atoms with Crippen LogP contribution < -0.4 is 5.32 Å². The predicted octanol–water partition coefficient (Wildman–Crippen LogP) is 4.31. The number of ether oxygens (including phenoxy) is 1. The van der Waals surface area contributed by atoms with Gasteiger partial charge in [0, 0.05) is 15.6 Å². The normalized spacial score (nSPS) is 11.6. The molecule has 4 nitrogen and oxygen atoms in total. The first-order valence-electron chi connectivity index (χ1n) is 7.40. The Bertz CT molecular complexity index is 721. The molecule has 126 valence electrons. The highest BCUT2D eigenvalue weighted by Crippen LogP contribution is 2.23. The molecule has 6 heteroatoms. The monoisotopic (exact) mass is 363 g/mol. The number of aryl methyl sites for hydroxylation is 1. The minimum Gasteiger partial charge on any atom is -0.455 e. The minimum absolute atomic E-state index is 0.319. The lowest BCUT2D eigenvalue weighted by Crippen LogP contribution is -2.25. The number of benzene rings is 2. The van der Waals surface area contributed by atoms with Gasteiger partial charge in [-0.1, -0.05) is 29.8 Å². The third-order valence-corrected chi connectivity index (χ3v) is 4.52. The Labute approximate surface area is 150 Å². The number of esters is 1. The summed E-state index contributed by atoms with van der Waals surface area (Å²) in [7, 11) is 0. The summed E-state index contributed by atoms with van der Waals surface area (Å²) in [6.07, 6.45) is 0. The molecule has 24 heavy (non-hydrogen) atoms. The van der Waals surface area contributed by atoms with Gasteiger partial charge in [-0.15, -0.1) is 11.8 Å². The van der Waals surface area contributed by atoms with Crippen LogP contribution in [0.15, 0.2) is 53.4 Å². The zero-order valence-corrected chi connectivity index (χ0v) is 15.0. The maximum absolute atomic E-state index is 12.0. The van der Waals surface area contributed by atoms with Crippen molar-refractivity contribution in [1.29, 1.82) is 0 Å². The standard InChI is InChI=1S/C18H18ClNO3S/c1-12-10-14(19)8-9-16(12)20-17(21)11-23-18(22)13(2)24-15-6-4-3-5-7-15/h3-10,13H,11H2,1-2H3,(H,20,21)/t13-/m0/s1. The van der Waals surface area contributed by atoms with Gasteiger partial charge in [0.15, 0.2) is 6.61 Å². The highest BCUT2D eigenvalue weighted by atomic mass is 35.5. The van der Waals surface area contributed by atoms with E-state index >= 15 is 0 Å². The molecule has 0 aliphatic rings. The Morgan fingerprint density at radius 1 is 1.21 bits per heavy atom. The Balaban J connectivity index is 1.81. The van der Waals surface area contributed by atoms with Crippen molar-refractivity contribution in [3.63, 3.8) is 0 Å². The number of carbonyl (C=O) groups excluding carboxylic acids is 2. The van der Waals surface area contributed by atoms with Gasteiger partial charge < -0.3 is 10.1 Å². The van der Waals surface area contributed by atoms with E-state index in [2.05, 4.69) is 5.32 Å². The molecule has 2 aromatic carbocycles. The Morgan fingerprint density at radius 3 is 2.58 bits per heavy atom. The molecule has 0 aromatic heterocycles. The van der Waals surface area contributed by atoms with Crippen molar-refractivity contribution in [2.45, 2.75) is 24.0 Å². The number of thioether (sulfide) groups is 1. The topological polar surface area (TPSA) is 55.4 Å². The van der Waals surface area contributed by atoms with Crippen LogP contribution >= 0.6 is 23.4 Å². The molecule has 0 saturated carbocycles. The molecule has 1 N–H and O–H groups in total. The van der Waals surface area contributed by atoms with E-state index in [9.17, 15) is 9.59 Å². The fourth-order valence-electron chi connectivity index (χ4n) is 1.96. The quantitative estimate of drug-likeness (QED) is 0.613. The van der Waals surface area contributed by atoms with Gasteiger partial charge in [-0.25, -0.2) is 0 Å². The Morgan fingerprint density at radius 2 is 1.92 bits per heavy atom. The van der Waals surface area contributed by atoms with Crippen LogP contribution in [-0.2, 0) is 14.3 Å².